The van der Waals surface area contributed by atoms with Gasteiger partial charge in [0.05, 0.1) is 22.1 Å². The molecule has 1 aliphatic rings. The fourth-order valence-corrected chi connectivity index (χ4v) is 4.20. The van der Waals surface area contributed by atoms with Crippen LogP contribution in [0.2, 0.25) is 4.34 Å². The zero-order valence-electron chi connectivity index (χ0n) is 17.6. The van der Waals surface area contributed by atoms with Gasteiger partial charge in [0, 0.05) is 24.6 Å². The van der Waals surface area contributed by atoms with Crippen LogP contribution in [-0.2, 0) is 14.4 Å². The van der Waals surface area contributed by atoms with Crippen molar-refractivity contribution in [2.75, 3.05) is 22.6 Å². The molecule has 2 aromatic rings. The molecule has 0 aliphatic carbocycles. The second-order valence-electron chi connectivity index (χ2n) is 7.04. The lowest BCUT2D eigenvalue weighted by molar-refractivity contribution is -0.121. The van der Waals surface area contributed by atoms with Gasteiger partial charge >= 0.3 is 6.03 Å². The van der Waals surface area contributed by atoms with Gasteiger partial charge in [-0.2, -0.15) is 0 Å². The summed E-state index contributed by atoms with van der Waals surface area (Å²) in [5.41, 5.74) is 0.735. The van der Waals surface area contributed by atoms with Crippen LogP contribution in [0.4, 0.5) is 21.2 Å². The van der Waals surface area contributed by atoms with Crippen LogP contribution in [0, 0.1) is 0 Å². The van der Waals surface area contributed by atoms with Crippen LogP contribution in [0.1, 0.15) is 32.6 Å². The Morgan fingerprint density at radius 1 is 1.16 bits per heavy atom. The van der Waals surface area contributed by atoms with Crippen LogP contribution in [0.15, 0.2) is 30.3 Å². The SMILES string of the molecule is CCC[C@@H](NC(=O)Nc1ccc(Cl)s1)C(=O)Nc1ccc(N2C(=O)CCC2=O)c(OC)c1. The zero-order chi connectivity index (χ0) is 23.3. The van der Waals surface area contributed by atoms with Crippen LogP contribution < -0.4 is 25.6 Å². The summed E-state index contributed by atoms with van der Waals surface area (Å²) in [5.74, 6) is -0.723. The van der Waals surface area contributed by atoms with Gasteiger partial charge in [-0.05, 0) is 30.7 Å². The van der Waals surface area contributed by atoms with E-state index in [-0.39, 0.29) is 30.4 Å². The molecule has 170 valence electrons. The smallest absolute Gasteiger partial charge is 0.320 e. The van der Waals surface area contributed by atoms with Crippen molar-refractivity contribution in [3.63, 3.8) is 0 Å². The number of hydrogen-bond acceptors (Lipinski definition) is 6. The minimum absolute atomic E-state index is 0.157. The molecule has 3 N–H and O–H groups in total. The van der Waals surface area contributed by atoms with Crippen LogP contribution in [-0.4, -0.2) is 36.9 Å². The van der Waals surface area contributed by atoms with Crippen LogP contribution in [0.25, 0.3) is 0 Å². The number of methoxy groups -OCH3 is 1. The van der Waals surface area contributed by atoms with Gasteiger partial charge in [-0.25, -0.2) is 9.69 Å². The lowest BCUT2D eigenvalue weighted by Crippen LogP contribution is -2.45. The third-order valence-corrected chi connectivity index (χ3v) is 5.90. The number of rotatable bonds is 8. The molecule has 11 heteroatoms. The normalized spacial score (nSPS) is 14.3. The van der Waals surface area contributed by atoms with Gasteiger partial charge in [-0.15, -0.1) is 11.3 Å². The molecule has 1 aromatic heterocycles. The number of nitrogens with zero attached hydrogens (tertiary/aromatic N) is 1. The van der Waals surface area contributed by atoms with Gasteiger partial charge in [0.1, 0.15) is 11.8 Å². The third-order valence-electron chi connectivity index (χ3n) is 4.75. The number of carbonyl (C=O) groups is 4. The number of anilines is 3. The topological polar surface area (TPSA) is 117 Å². The maximum atomic E-state index is 12.8. The van der Waals surface area contributed by atoms with Crippen molar-refractivity contribution in [3.05, 3.63) is 34.7 Å². The van der Waals surface area contributed by atoms with E-state index in [1.54, 1.807) is 24.3 Å². The molecule has 0 radical (unpaired) electrons. The monoisotopic (exact) mass is 478 g/mol. The Labute approximate surface area is 194 Å². The van der Waals surface area contributed by atoms with Crippen molar-refractivity contribution in [1.29, 1.82) is 0 Å². The Morgan fingerprint density at radius 3 is 2.47 bits per heavy atom. The molecule has 0 spiro atoms. The van der Waals surface area contributed by atoms with E-state index in [9.17, 15) is 19.2 Å². The first-order chi connectivity index (χ1) is 15.3. The minimum atomic E-state index is -0.775. The van der Waals surface area contributed by atoms with Crippen molar-refractivity contribution in [2.45, 2.75) is 38.6 Å². The molecule has 1 saturated heterocycles. The van der Waals surface area contributed by atoms with Crippen LogP contribution >= 0.6 is 22.9 Å². The van der Waals surface area contributed by atoms with Crippen molar-refractivity contribution in [2.24, 2.45) is 0 Å². The summed E-state index contributed by atoms with van der Waals surface area (Å²) in [4.78, 5) is 50.3. The van der Waals surface area contributed by atoms with E-state index in [2.05, 4.69) is 16.0 Å². The Bertz CT molecular complexity index is 1020. The molecule has 1 aliphatic heterocycles. The third kappa shape index (κ3) is 5.57. The predicted octanol–water partition coefficient (Wildman–Crippen LogP) is 3.99. The number of halogens is 1. The number of nitrogens with one attached hydrogen (secondary N) is 3. The average molecular weight is 479 g/mol. The van der Waals surface area contributed by atoms with Gasteiger partial charge in [-0.1, -0.05) is 24.9 Å². The van der Waals surface area contributed by atoms with Crippen molar-refractivity contribution < 1.29 is 23.9 Å². The number of urea groups is 1. The largest absolute Gasteiger partial charge is 0.494 e. The molecule has 32 heavy (non-hydrogen) atoms. The number of carbonyl (C=O) groups excluding carboxylic acids is 4. The molecule has 0 bridgehead atoms. The van der Waals surface area contributed by atoms with E-state index < -0.39 is 18.0 Å². The first kappa shape index (κ1) is 23.6. The summed E-state index contributed by atoms with van der Waals surface area (Å²) in [6.45, 7) is 1.90. The first-order valence-corrected chi connectivity index (χ1v) is 11.2. The van der Waals surface area contributed by atoms with Crippen molar-refractivity contribution in [1.82, 2.24) is 5.32 Å². The van der Waals surface area contributed by atoms with Gasteiger partial charge in [0.25, 0.3) is 0 Å². The maximum Gasteiger partial charge on any atom is 0.320 e. The molecule has 2 heterocycles. The number of benzene rings is 1. The first-order valence-electron chi connectivity index (χ1n) is 10.00. The number of hydrogen-bond donors (Lipinski definition) is 3. The van der Waals surface area contributed by atoms with E-state index in [4.69, 9.17) is 16.3 Å². The molecular weight excluding hydrogens is 456 g/mol. The van der Waals surface area contributed by atoms with E-state index in [0.29, 0.717) is 33.6 Å². The summed E-state index contributed by atoms with van der Waals surface area (Å²) >= 11 is 7.08. The number of amides is 5. The molecular formula is C21H23ClN4O5S. The lowest BCUT2D eigenvalue weighted by Gasteiger charge is -2.20. The quantitative estimate of drug-likeness (QED) is 0.496. The number of thiophene rings is 1. The fraction of sp³-hybridized carbons (Fsp3) is 0.333. The van der Waals surface area contributed by atoms with Gasteiger partial charge in [0.15, 0.2) is 0 Å². The van der Waals surface area contributed by atoms with E-state index in [1.165, 1.54) is 24.5 Å². The summed E-state index contributed by atoms with van der Waals surface area (Å²) in [7, 11) is 1.41. The maximum absolute atomic E-state index is 12.8. The highest BCUT2D eigenvalue weighted by atomic mass is 35.5. The summed E-state index contributed by atoms with van der Waals surface area (Å²) in [5, 5.41) is 8.63. The molecule has 3 rings (SSSR count). The Balaban J connectivity index is 1.69. The van der Waals surface area contributed by atoms with Crippen LogP contribution in [0.3, 0.4) is 0 Å². The number of imide groups is 1. The molecule has 1 fully saturated rings. The summed E-state index contributed by atoms with van der Waals surface area (Å²) < 4.78 is 5.87. The average Bonchev–Trinajstić information content (AvgIpc) is 3.31. The van der Waals surface area contributed by atoms with E-state index in [1.807, 2.05) is 6.92 Å². The van der Waals surface area contributed by atoms with Crippen LogP contribution in [0.5, 0.6) is 5.75 Å². The van der Waals surface area contributed by atoms with Crippen molar-refractivity contribution in [3.8, 4) is 5.75 Å². The Kier molecular flexibility index (Phi) is 7.70. The highest BCUT2D eigenvalue weighted by molar-refractivity contribution is 7.20. The Morgan fingerprint density at radius 2 is 1.88 bits per heavy atom. The molecule has 9 nitrogen and oxygen atoms in total. The zero-order valence-corrected chi connectivity index (χ0v) is 19.1. The van der Waals surface area contributed by atoms with E-state index >= 15 is 0 Å². The Hall–Kier alpha value is -3.11. The fourth-order valence-electron chi connectivity index (χ4n) is 3.26. The van der Waals surface area contributed by atoms with Crippen molar-refractivity contribution >= 4 is 63.1 Å². The highest BCUT2D eigenvalue weighted by Gasteiger charge is 2.32. The molecule has 0 saturated carbocycles. The summed E-state index contributed by atoms with van der Waals surface area (Å²) in [6, 6.07) is 6.70. The van der Waals surface area contributed by atoms with Gasteiger partial charge < -0.3 is 15.4 Å². The molecule has 5 amide bonds. The van der Waals surface area contributed by atoms with Gasteiger partial charge in [-0.3, -0.25) is 19.7 Å². The number of ether oxygens (including phenoxy) is 1. The molecule has 1 aromatic carbocycles. The minimum Gasteiger partial charge on any atom is -0.494 e. The summed E-state index contributed by atoms with van der Waals surface area (Å²) in [6.07, 6.45) is 1.41. The predicted molar refractivity (Wildman–Crippen MR) is 124 cm³/mol. The standard InChI is InChI=1S/C21H23ClN4O5S/c1-3-4-13(24-21(30)25-17-8-7-16(22)32-17)20(29)23-12-5-6-14(15(11-12)31-2)26-18(27)9-10-19(26)28/h5-8,11,13H,3-4,9-10H2,1-2H3,(H,23,29)(H2,24,25,30)/t13-/m1/s1. The van der Waals surface area contributed by atoms with Gasteiger partial charge in [0.2, 0.25) is 17.7 Å². The molecule has 1 atom stereocenters. The second kappa shape index (κ2) is 10.5. The van der Waals surface area contributed by atoms with E-state index in [0.717, 1.165) is 4.90 Å². The molecule has 0 unspecified atom stereocenters. The highest BCUT2D eigenvalue weighted by Crippen LogP contribution is 2.34. The lowest BCUT2D eigenvalue weighted by atomic mass is 10.1. The second-order valence-corrected chi connectivity index (χ2v) is 8.76.